The van der Waals surface area contributed by atoms with Crippen LogP contribution in [-0.4, -0.2) is 17.7 Å². The fraction of sp³-hybridized carbons (Fsp3) is 0.286. The molecule has 1 saturated heterocycles. The highest BCUT2D eigenvalue weighted by Gasteiger charge is 2.38. The van der Waals surface area contributed by atoms with Crippen LogP contribution in [0.1, 0.15) is 25.0 Å². The van der Waals surface area contributed by atoms with Gasteiger partial charge in [-0.3, -0.25) is 0 Å². The van der Waals surface area contributed by atoms with Gasteiger partial charge in [0, 0.05) is 19.2 Å². The van der Waals surface area contributed by atoms with Crippen LogP contribution in [0.3, 0.4) is 0 Å². The fourth-order valence-corrected chi connectivity index (χ4v) is 2.10. The van der Waals surface area contributed by atoms with Gasteiger partial charge in [-0.1, -0.05) is 22.0 Å². The Morgan fingerprint density at radius 1 is 1.20 bits per heavy atom. The second kappa shape index (κ2) is 5.36. The first-order valence-corrected chi connectivity index (χ1v) is 6.97. The quantitative estimate of drug-likeness (QED) is 0.359. The van der Waals surface area contributed by atoms with Crippen LogP contribution in [0.25, 0.3) is 6.08 Å². The minimum absolute atomic E-state index is 0.254. The number of benzene rings is 1. The summed E-state index contributed by atoms with van der Waals surface area (Å²) in [4.78, 5) is 23.5. The first kappa shape index (κ1) is 14.7. The van der Waals surface area contributed by atoms with Crippen molar-refractivity contribution < 1.29 is 23.5 Å². The van der Waals surface area contributed by atoms with Crippen molar-refractivity contribution in [2.24, 2.45) is 0 Å². The number of rotatable bonds is 2. The van der Waals surface area contributed by atoms with Crippen molar-refractivity contribution in [3.05, 3.63) is 40.7 Å². The molecule has 0 unspecified atom stereocenters. The molecule has 0 aromatic heterocycles. The van der Waals surface area contributed by atoms with Crippen molar-refractivity contribution in [3.63, 3.8) is 0 Å². The molecule has 0 spiro atoms. The molecule has 106 valence electrons. The Morgan fingerprint density at radius 3 is 2.35 bits per heavy atom. The van der Waals surface area contributed by atoms with E-state index in [1.165, 1.54) is 32.1 Å². The summed E-state index contributed by atoms with van der Waals surface area (Å²) in [6, 6.07) is 4.24. The maximum absolute atomic E-state index is 13.4. The zero-order valence-corrected chi connectivity index (χ0v) is 12.5. The largest absolute Gasteiger partial charge is 0.419 e. The molecule has 2 rings (SSSR count). The van der Waals surface area contributed by atoms with E-state index in [4.69, 9.17) is 9.47 Å². The molecule has 6 heteroatoms. The summed E-state index contributed by atoms with van der Waals surface area (Å²) in [5.41, 5.74) is 0.827. The smallest absolute Gasteiger partial charge is 0.348 e. The number of cyclic esters (lactones) is 2. The number of ether oxygens (including phenoxy) is 2. The lowest BCUT2D eigenvalue weighted by Gasteiger charge is -2.29. The molecule has 1 aromatic carbocycles. The van der Waals surface area contributed by atoms with Gasteiger partial charge in [0.25, 0.3) is 5.79 Å². The fourth-order valence-electron chi connectivity index (χ4n) is 1.78. The Bertz CT molecular complexity index is 585. The molecule has 0 bridgehead atoms. The van der Waals surface area contributed by atoms with E-state index >= 15 is 0 Å². The predicted molar refractivity (Wildman–Crippen MR) is 73.3 cm³/mol. The summed E-state index contributed by atoms with van der Waals surface area (Å²) < 4.78 is 23.3. The Hall–Kier alpha value is -1.69. The standard InChI is InChI=1S/C14H12BrFO4/c1-14(2)19-12(17)11(13(18)20-14)6-8-3-9(7-15)5-10(16)4-8/h3-6H,7H2,1-2H3. The van der Waals surface area contributed by atoms with Crippen molar-refractivity contribution in [2.45, 2.75) is 25.0 Å². The average Bonchev–Trinajstić information content (AvgIpc) is 2.32. The zero-order valence-electron chi connectivity index (χ0n) is 10.9. The SMILES string of the molecule is CC1(C)OC(=O)C(=Cc2cc(F)cc(CBr)c2)C(=O)O1. The number of hydrogen-bond donors (Lipinski definition) is 0. The van der Waals surface area contributed by atoms with Gasteiger partial charge in [-0.25, -0.2) is 14.0 Å². The van der Waals surface area contributed by atoms with Crippen LogP contribution in [0, 0.1) is 5.82 Å². The van der Waals surface area contributed by atoms with Crippen LogP contribution in [0.2, 0.25) is 0 Å². The lowest BCUT2D eigenvalue weighted by molar-refractivity contribution is -0.222. The number of carbonyl (C=O) groups excluding carboxylic acids is 2. The van der Waals surface area contributed by atoms with Crippen LogP contribution < -0.4 is 0 Å². The molecule has 1 aliphatic heterocycles. The van der Waals surface area contributed by atoms with E-state index in [-0.39, 0.29) is 5.57 Å². The summed E-state index contributed by atoms with van der Waals surface area (Å²) in [5, 5.41) is 0.461. The molecule has 20 heavy (non-hydrogen) atoms. The number of alkyl halides is 1. The summed E-state index contributed by atoms with van der Waals surface area (Å²) in [6.45, 7) is 2.93. The maximum Gasteiger partial charge on any atom is 0.348 e. The van der Waals surface area contributed by atoms with Gasteiger partial charge in [0.15, 0.2) is 0 Å². The second-order valence-electron chi connectivity index (χ2n) is 4.76. The minimum atomic E-state index is -1.28. The summed E-state index contributed by atoms with van der Waals surface area (Å²) in [7, 11) is 0. The molecule has 1 aromatic rings. The van der Waals surface area contributed by atoms with Crippen LogP contribution >= 0.6 is 15.9 Å². The van der Waals surface area contributed by atoms with E-state index in [0.717, 1.165) is 0 Å². The summed E-state index contributed by atoms with van der Waals surface area (Å²) in [6.07, 6.45) is 1.26. The highest BCUT2D eigenvalue weighted by atomic mass is 79.9. The van der Waals surface area contributed by atoms with E-state index in [9.17, 15) is 14.0 Å². The van der Waals surface area contributed by atoms with Crippen LogP contribution in [0.5, 0.6) is 0 Å². The predicted octanol–water partition coefficient (Wildman–Crippen LogP) is 2.94. The Morgan fingerprint density at radius 2 is 1.80 bits per heavy atom. The highest BCUT2D eigenvalue weighted by Crippen LogP contribution is 2.24. The molecule has 0 amide bonds. The first-order chi connectivity index (χ1) is 9.30. The van der Waals surface area contributed by atoms with Crippen molar-refractivity contribution >= 4 is 33.9 Å². The molecule has 0 atom stereocenters. The summed E-state index contributed by atoms with van der Waals surface area (Å²) in [5.74, 6) is -3.30. The van der Waals surface area contributed by atoms with Crippen LogP contribution in [-0.2, 0) is 24.4 Å². The van der Waals surface area contributed by atoms with E-state index in [1.807, 2.05) is 0 Å². The van der Waals surface area contributed by atoms with Gasteiger partial charge in [-0.05, 0) is 29.3 Å². The van der Waals surface area contributed by atoms with Gasteiger partial charge in [0.1, 0.15) is 11.4 Å². The molecular weight excluding hydrogens is 331 g/mol. The van der Waals surface area contributed by atoms with E-state index in [0.29, 0.717) is 16.5 Å². The van der Waals surface area contributed by atoms with Gasteiger partial charge in [-0.15, -0.1) is 0 Å². The lowest BCUT2D eigenvalue weighted by Crippen LogP contribution is -2.41. The molecule has 0 radical (unpaired) electrons. The third-order valence-corrected chi connectivity index (χ3v) is 3.21. The molecular formula is C14H12BrFO4. The first-order valence-electron chi connectivity index (χ1n) is 5.84. The van der Waals surface area contributed by atoms with Crippen LogP contribution in [0.4, 0.5) is 4.39 Å². The topological polar surface area (TPSA) is 52.6 Å². The Balaban J connectivity index is 2.38. The average molecular weight is 343 g/mol. The van der Waals surface area contributed by atoms with Gasteiger partial charge in [0.05, 0.1) is 0 Å². The van der Waals surface area contributed by atoms with Gasteiger partial charge in [0.2, 0.25) is 0 Å². The molecule has 0 saturated carbocycles. The van der Waals surface area contributed by atoms with E-state index < -0.39 is 23.5 Å². The lowest BCUT2D eigenvalue weighted by atomic mass is 10.1. The normalized spacial score (nSPS) is 17.5. The molecule has 0 N–H and O–H groups in total. The highest BCUT2D eigenvalue weighted by molar-refractivity contribution is 9.08. The summed E-state index contributed by atoms with van der Waals surface area (Å²) >= 11 is 3.22. The zero-order chi connectivity index (χ0) is 14.9. The van der Waals surface area contributed by atoms with Gasteiger partial charge in [-0.2, -0.15) is 0 Å². The van der Waals surface area contributed by atoms with Crippen molar-refractivity contribution in [3.8, 4) is 0 Å². The van der Waals surface area contributed by atoms with Crippen molar-refractivity contribution in [1.29, 1.82) is 0 Å². The van der Waals surface area contributed by atoms with Crippen molar-refractivity contribution in [1.82, 2.24) is 0 Å². The number of carbonyl (C=O) groups is 2. The molecule has 1 heterocycles. The maximum atomic E-state index is 13.4. The number of halogens is 2. The third-order valence-electron chi connectivity index (χ3n) is 2.56. The van der Waals surface area contributed by atoms with Gasteiger partial charge < -0.3 is 9.47 Å². The third kappa shape index (κ3) is 3.25. The molecule has 0 aliphatic carbocycles. The Kier molecular flexibility index (Phi) is 3.94. The molecule has 1 fully saturated rings. The van der Waals surface area contributed by atoms with E-state index in [1.54, 1.807) is 6.07 Å². The van der Waals surface area contributed by atoms with Crippen LogP contribution in [0.15, 0.2) is 23.8 Å². The monoisotopic (exact) mass is 342 g/mol. The molecule has 4 nitrogen and oxygen atoms in total. The second-order valence-corrected chi connectivity index (χ2v) is 5.32. The van der Waals surface area contributed by atoms with E-state index in [2.05, 4.69) is 15.9 Å². The van der Waals surface area contributed by atoms with Crippen molar-refractivity contribution in [2.75, 3.05) is 0 Å². The number of hydrogen-bond acceptors (Lipinski definition) is 4. The molecule has 1 aliphatic rings. The number of esters is 2. The Labute approximate surface area is 123 Å². The van der Waals surface area contributed by atoms with Gasteiger partial charge >= 0.3 is 11.9 Å². The minimum Gasteiger partial charge on any atom is -0.419 e.